The molecule has 3 rings (SSSR count). The van der Waals surface area contributed by atoms with Crippen molar-refractivity contribution in [3.8, 4) is 17.2 Å². The van der Waals surface area contributed by atoms with E-state index in [-0.39, 0.29) is 12.5 Å². The highest BCUT2D eigenvalue weighted by Gasteiger charge is 2.34. The molecule has 1 aliphatic rings. The molecule has 2 aromatic carbocycles. The molecular formula is C22H27NO5. The number of hydrogen-bond donors (Lipinski definition) is 1. The Labute approximate surface area is 165 Å². The van der Waals surface area contributed by atoms with Crippen LogP contribution in [-0.2, 0) is 4.79 Å². The normalized spacial score (nSPS) is 17.0. The number of carbonyl (C=O) groups is 1. The van der Waals surface area contributed by atoms with E-state index in [1.165, 1.54) is 0 Å². The van der Waals surface area contributed by atoms with Crippen molar-refractivity contribution in [3.63, 3.8) is 0 Å². The van der Waals surface area contributed by atoms with Gasteiger partial charge in [-0.25, -0.2) is 0 Å². The van der Waals surface area contributed by atoms with Crippen molar-refractivity contribution in [2.45, 2.75) is 38.9 Å². The van der Waals surface area contributed by atoms with E-state index in [0.717, 1.165) is 11.3 Å². The molecule has 150 valence electrons. The van der Waals surface area contributed by atoms with Gasteiger partial charge in [0.1, 0.15) is 12.4 Å². The molecule has 0 saturated carbocycles. The Hall–Kier alpha value is -2.73. The van der Waals surface area contributed by atoms with Crippen molar-refractivity contribution in [1.82, 2.24) is 0 Å². The number of rotatable bonds is 7. The van der Waals surface area contributed by atoms with Gasteiger partial charge in [-0.1, -0.05) is 17.7 Å². The van der Waals surface area contributed by atoms with E-state index in [2.05, 4.69) is 0 Å². The lowest BCUT2D eigenvalue weighted by atomic mass is 10.2. The minimum absolute atomic E-state index is 0.0761. The van der Waals surface area contributed by atoms with E-state index in [4.69, 9.17) is 14.2 Å². The summed E-state index contributed by atoms with van der Waals surface area (Å²) in [6.07, 6.45) is 0.117. The van der Waals surface area contributed by atoms with Crippen LogP contribution in [0.1, 0.15) is 25.8 Å². The third-order valence-electron chi connectivity index (χ3n) is 4.50. The highest BCUT2D eigenvalue weighted by atomic mass is 16.5. The van der Waals surface area contributed by atoms with Gasteiger partial charge >= 0.3 is 0 Å². The van der Waals surface area contributed by atoms with Crippen molar-refractivity contribution in [3.05, 3.63) is 48.0 Å². The first-order chi connectivity index (χ1) is 13.3. The Bertz CT molecular complexity index is 826. The Kier molecular flexibility index (Phi) is 5.79. The van der Waals surface area contributed by atoms with E-state index in [1.54, 1.807) is 38.0 Å². The first-order valence-electron chi connectivity index (χ1n) is 9.35. The molecule has 1 saturated heterocycles. The molecule has 0 spiro atoms. The van der Waals surface area contributed by atoms with E-state index < -0.39 is 11.7 Å². The Morgan fingerprint density at radius 1 is 1.14 bits per heavy atom. The molecule has 0 aliphatic carbocycles. The third kappa shape index (κ3) is 4.75. The molecule has 1 heterocycles. The lowest BCUT2D eigenvalue weighted by molar-refractivity contribution is -0.122. The molecule has 2 aromatic rings. The second-order valence-corrected chi connectivity index (χ2v) is 7.63. The first kappa shape index (κ1) is 20.0. The second-order valence-electron chi connectivity index (χ2n) is 7.63. The molecule has 1 N–H and O–H groups in total. The van der Waals surface area contributed by atoms with Crippen LogP contribution < -0.4 is 19.1 Å². The molecule has 28 heavy (non-hydrogen) atoms. The molecule has 1 fully saturated rings. The zero-order chi connectivity index (χ0) is 20.3. The molecule has 0 radical (unpaired) electrons. The molecular weight excluding hydrogens is 358 g/mol. The van der Waals surface area contributed by atoms with Gasteiger partial charge in [0, 0.05) is 24.7 Å². The van der Waals surface area contributed by atoms with Crippen LogP contribution >= 0.6 is 0 Å². The first-order valence-corrected chi connectivity index (χ1v) is 9.35. The quantitative estimate of drug-likeness (QED) is 0.792. The average molecular weight is 385 g/mol. The number of aliphatic hydroxyl groups is 1. The number of aryl methyl sites for hydroxylation is 1. The fourth-order valence-electron chi connectivity index (χ4n) is 3.00. The van der Waals surface area contributed by atoms with Crippen molar-refractivity contribution in [2.24, 2.45) is 0 Å². The second kappa shape index (κ2) is 8.10. The topological polar surface area (TPSA) is 68.2 Å². The molecule has 1 aliphatic heterocycles. The van der Waals surface area contributed by atoms with Crippen LogP contribution in [0.4, 0.5) is 5.69 Å². The van der Waals surface area contributed by atoms with Gasteiger partial charge in [0.05, 0.1) is 12.7 Å². The summed E-state index contributed by atoms with van der Waals surface area (Å²) in [5.74, 6) is 1.65. The van der Waals surface area contributed by atoms with E-state index in [0.29, 0.717) is 30.2 Å². The van der Waals surface area contributed by atoms with Crippen molar-refractivity contribution in [2.75, 3.05) is 25.2 Å². The summed E-state index contributed by atoms with van der Waals surface area (Å²) < 4.78 is 16.9. The van der Waals surface area contributed by atoms with Crippen molar-refractivity contribution in [1.29, 1.82) is 0 Å². The van der Waals surface area contributed by atoms with Gasteiger partial charge in [-0.05, 0) is 45.0 Å². The van der Waals surface area contributed by atoms with Crippen molar-refractivity contribution < 1.29 is 24.1 Å². The maximum Gasteiger partial charge on any atom is 0.268 e. The Balaban J connectivity index is 1.71. The van der Waals surface area contributed by atoms with Gasteiger partial charge in [0.15, 0.2) is 17.6 Å². The van der Waals surface area contributed by atoms with Gasteiger partial charge < -0.3 is 24.2 Å². The minimum Gasteiger partial charge on any atom is -0.493 e. The molecule has 6 nitrogen and oxygen atoms in total. The van der Waals surface area contributed by atoms with E-state index in [9.17, 15) is 9.90 Å². The summed E-state index contributed by atoms with van der Waals surface area (Å²) >= 11 is 0. The maximum atomic E-state index is 12.8. The monoisotopic (exact) mass is 385 g/mol. The number of nitrogens with zero attached hydrogens (tertiary/aromatic N) is 1. The molecule has 6 heteroatoms. The van der Waals surface area contributed by atoms with Crippen molar-refractivity contribution >= 4 is 11.6 Å². The number of amides is 1. The van der Waals surface area contributed by atoms with E-state index in [1.807, 2.05) is 37.3 Å². The number of anilines is 1. The maximum absolute atomic E-state index is 12.8. The SMILES string of the molecule is COc1cc(N2CC[C@H](Oc3ccc(C)cc3)C2=O)ccc1OCC(C)(C)O. The smallest absolute Gasteiger partial charge is 0.268 e. The summed E-state index contributed by atoms with van der Waals surface area (Å²) in [5.41, 5.74) is 0.924. The van der Waals surface area contributed by atoms with Crippen LogP contribution in [0.3, 0.4) is 0 Å². The third-order valence-corrected chi connectivity index (χ3v) is 4.50. The largest absolute Gasteiger partial charge is 0.493 e. The molecule has 0 bridgehead atoms. The van der Waals surface area contributed by atoms with Gasteiger partial charge in [-0.3, -0.25) is 4.79 Å². The molecule has 1 atom stereocenters. The van der Waals surface area contributed by atoms with E-state index >= 15 is 0 Å². The lowest BCUT2D eigenvalue weighted by Crippen LogP contribution is -2.32. The summed E-state index contributed by atoms with van der Waals surface area (Å²) in [6, 6.07) is 13.0. The fourth-order valence-corrected chi connectivity index (χ4v) is 3.00. The summed E-state index contributed by atoms with van der Waals surface area (Å²) in [5, 5.41) is 9.84. The fraction of sp³-hybridized carbons (Fsp3) is 0.409. The molecule has 1 amide bonds. The van der Waals surface area contributed by atoms with Gasteiger partial charge in [0.25, 0.3) is 5.91 Å². The van der Waals surface area contributed by atoms with Crippen LogP contribution in [0.15, 0.2) is 42.5 Å². The standard InChI is InChI=1S/C22H27NO5/c1-15-5-8-17(9-6-15)28-19-11-12-23(21(19)24)16-7-10-18(20(13-16)26-4)27-14-22(2,3)25/h5-10,13,19,25H,11-12,14H2,1-4H3/t19-/m0/s1. The number of methoxy groups -OCH3 is 1. The zero-order valence-corrected chi connectivity index (χ0v) is 16.8. The van der Waals surface area contributed by atoms with Gasteiger partial charge in [-0.2, -0.15) is 0 Å². The van der Waals surface area contributed by atoms with Gasteiger partial charge in [0.2, 0.25) is 0 Å². The van der Waals surface area contributed by atoms with Crippen LogP contribution in [0.5, 0.6) is 17.2 Å². The number of benzene rings is 2. The van der Waals surface area contributed by atoms with Crippen LogP contribution in [0, 0.1) is 6.92 Å². The Morgan fingerprint density at radius 3 is 2.50 bits per heavy atom. The molecule has 0 unspecified atom stereocenters. The highest BCUT2D eigenvalue weighted by Crippen LogP contribution is 2.34. The predicted octanol–water partition coefficient (Wildman–Crippen LogP) is 3.34. The summed E-state index contributed by atoms with van der Waals surface area (Å²) in [7, 11) is 1.55. The average Bonchev–Trinajstić information content (AvgIpc) is 3.01. The van der Waals surface area contributed by atoms with Crippen LogP contribution in [0.2, 0.25) is 0 Å². The zero-order valence-electron chi connectivity index (χ0n) is 16.8. The lowest BCUT2D eigenvalue weighted by Gasteiger charge is -2.21. The summed E-state index contributed by atoms with van der Waals surface area (Å²) in [4.78, 5) is 14.5. The Morgan fingerprint density at radius 2 is 1.86 bits per heavy atom. The number of hydrogen-bond acceptors (Lipinski definition) is 5. The highest BCUT2D eigenvalue weighted by molar-refractivity contribution is 5.99. The predicted molar refractivity (Wildman–Crippen MR) is 107 cm³/mol. The van der Waals surface area contributed by atoms with Crippen LogP contribution in [0.25, 0.3) is 0 Å². The molecule has 0 aromatic heterocycles. The van der Waals surface area contributed by atoms with Crippen LogP contribution in [-0.4, -0.2) is 43.0 Å². The number of carbonyl (C=O) groups excluding carboxylic acids is 1. The van der Waals surface area contributed by atoms with Gasteiger partial charge in [-0.15, -0.1) is 0 Å². The number of ether oxygens (including phenoxy) is 3. The summed E-state index contributed by atoms with van der Waals surface area (Å²) in [6.45, 7) is 6.06. The minimum atomic E-state index is -0.949.